The first-order chi connectivity index (χ1) is 9.52. The molecular weight excluding hydrogens is 285 g/mol. The first-order valence-corrected chi connectivity index (χ1v) is 6.73. The molecule has 2 rings (SSSR count). The van der Waals surface area contributed by atoms with Crippen LogP contribution in [0.2, 0.25) is 5.02 Å². The summed E-state index contributed by atoms with van der Waals surface area (Å²) in [7, 11) is 1.34. The van der Waals surface area contributed by atoms with Crippen LogP contribution in [0.25, 0.3) is 0 Å². The van der Waals surface area contributed by atoms with Gasteiger partial charge >= 0.3 is 5.97 Å². The summed E-state index contributed by atoms with van der Waals surface area (Å²) in [5, 5.41) is -0.0858. The van der Waals surface area contributed by atoms with Gasteiger partial charge in [0.2, 0.25) is 0 Å². The van der Waals surface area contributed by atoms with Gasteiger partial charge in [0.05, 0.1) is 18.1 Å². The number of methoxy groups -OCH3 is 1. The van der Waals surface area contributed by atoms with Crippen LogP contribution < -0.4 is 0 Å². The molecule has 1 aromatic rings. The van der Waals surface area contributed by atoms with Crippen molar-refractivity contribution in [3.8, 4) is 0 Å². The zero-order valence-corrected chi connectivity index (χ0v) is 11.8. The molecule has 0 spiro atoms. The van der Waals surface area contributed by atoms with Gasteiger partial charge < -0.3 is 9.64 Å². The standard InChI is InChI=1S/C14H15ClFNO3/c1-20-14(19)10-3-2-6-17(8-10)13(18)9-4-5-12(16)11(15)7-9/h4-5,7,10H,2-3,6,8H2,1H3. The highest BCUT2D eigenvalue weighted by molar-refractivity contribution is 6.31. The molecule has 4 nitrogen and oxygen atoms in total. The van der Waals surface area contributed by atoms with E-state index in [0.29, 0.717) is 25.1 Å². The molecule has 0 radical (unpaired) electrons. The van der Waals surface area contributed by atoms with Crippen molar-refractivity contribution in [2.24, 2.45) is 5.92 Å². The van der Waals surface area contributed by atoms with Crippen molar-refractivity contribution >= 4 is 23.5 Å². The molecule has 1 fully saturated rings. The Kier molecular flexibility index (Phi) is 4.60. The van der Waals surface area contributed by atoms with Gasteiger partial charge in [-0.1, -0.05) is 11.6 Å². The van der Waals surface area contributed by atoms with Gasteiger partial charge in [-0.25, -0.2) is 4.39 Å². The van der Waals surface area contributed by atoms with Crippen LogP contribution in [0.15, 0.2) is 18.2 Å². The predicted octanol–water partition coefficient (Wildman–Crippen LogP) is 2.50. The summed E-state index contributed by atoms with van der Waals surface area (Å²) < 4.78 is 17.8. The molecule has 1 amide bonds. The van der Waals surface area contributed by atoms with E-state index in [1.165, 1.54) is 19.2 Å². The molecule has 1 heterocycles. The van der Waals surface area contributed by atoms with E-state index in [1.807, 2.05) is 0 Å². The number of hydrogen-bond donors (Lipinski definition) is 0. The average molecular weight is 300 g/mol. The third-order valence-corrected chi connectivity index (χ3v) is 3.70. The molecular formula is C14H15ClFNO3. The lowest BCUT2D eigenvalue weighted by atomic mass is 9.97. The van der Waals surface area contributed by atoms with Crippen LogP contribution in [0.5, 0.6) is 0 Å². The SMILES string of the molecule is COC(=O)C1CCCN(C(=O)c2ccc(F)c(Cl)c2)C1. The topological polar surface area (TPSA) is 46.6 Å². The van der Waals surface area contributed by atoms with E-state index in [4.69, 9.17) is 16.3 Å². The van der Waals surface area contributed by atoms with Gasteiger partial charge in [0.15, 0.2) is 0 Å². The molecule has 1 aromatic carbocycles. The van der Waals surface area contributed by atoms with E-state index in [9.17, 15) is 14.0 Å². The fourth-order valence-electron chi connectivity index (χ4n) is 2.33. The first kappa shape index (κ1) is 14.8. The number of carbonyl (C=O) groups excluding carboxylic acids is 2. The van der Waals surface area contributed by atoms with Gasteiger partial charge in [-0.3, -0.25) is 9.59 Å². The highest BCUT2D eigenvalue weighted by Gasteiger charge is 2.29. The molecule has 0 bridgehead atoms. The summed E-state index contributed by atoms with van der Waals surface area (Å²) in [5.41, 5.74) is 0.321. The third kappa shape index (κ3) is 3.10. The molecule has 108 valence electrons. The second-order valence-corrected chi connectivity index (χ2v) is 5.15. The number of rotatable bonds is 2. The Morgan fingerprint density at radius 1 is 1.45 bits per heavy atom. The second kappa shape index (κ2) is 6.22. The van der Waals surface area contributed by atoms with Gasteiger partial charge in [-0.15, -0.1) is 0 Å². The molecule has 0 N–H and O–H groups in total. The molecule has 0 aliphatic carbocycles. The number of halogens is 2. The fraction of sp³-hybridized carbons (Fsp3) is 0.429. The number of esters is 1. The highest BCUT2D eigenvalue weighted by atomic mass is 35.5. The van der Waals surface area contributed by atoms with E-state index in [1.54, 1.807) is 4.90 Å². The van der Waals surface area contributed by atoms with Crippen molar-refractivity contribution in [3.05, 3.63) is 34.6 Å². The van der Waals surface area contributed by atoms with Crippen molar-refractivity contribution in [3.63, 3.8) is 0 Å². The van der Waals surface area contributed by atoms with Crippen LogP contribution in [0.1, 0.15) is 23.2 Å². The Morgan fingerprint density at radius 3 is 2.85 bits per heavy atom. The minimum atomic E-state index is -0.561. The molecule has 1 aliphatic heterocycles. The highest BCUT2D eigenvalue weighted by Crippen LogP contribution is 2.22. The van der Waals surface area contributed by atoms with Crippen LogP contribution in [-0.2, 0) is 9.53 Å². The Hall–Kier alpha value is -1.62. The minimum absolute atomic E-state index is 0.0858. The van der Waals surface area contributed by atoms with Crippen molar-refractivity contribution in [1.82, 2.24) is 4.90 Å². The van der Waals surface area contributed by atoms with E-state index >= 15 is 0 Å². The molecule has 1 unspecified atom stereocenters. The Balaban J connectivity index is 2.12. The smallest absolute Gasteiger partial charge is 0.310 e. The van der Waals surface area contributed by atoms with E-state index in [-0.39, 0.29) is 22.8 Å². The molecule has 0 aromatic heterocycles. The van der Waals surface area contributed by atoms with Gasteiger partial charge in [0, 0.05) is 18.7 Å². The summed E-state index contributed by atoms with van der Waals surface area (Å²) in [6.45, 7) is 0.891. The van der Waals surface area contributed by atoms with E-state index in [2.05, 4.69) is 0 Å². The monoisotopic (exact) mass is 299 g/mol. The zero-order chi connectivity index (χ0) is 14.7. The second-order valence-electron chi connectivity index (χ2n) is 4.74. The number of benzene rings is 1. The van der Waals surface area contributed by atoms with Crippen LogP contribution in [0, 0.1) is 11.7 Å². The summed E-state index contributed by atoms with van der Waals surface area (Å²) in [5.74, 6) is -1.41. The van der Waals surface area contributed by atoms with Crippen molar-refractivity contribution in [1.29, 1.82) is 0 Å². The van der Waals surface area contributed by atoms with Crippen LogP contribution in [-0.4, -0.2) is 37.0 Å². The molecule has 1 aliphatic rings. The summed E-state index contributed by atoms with van der Waals surface area (Å²) in [4.78, 5) is 25.4. The van der Waals surface area contributed by atoms with Crippen LogP contribution in [0.3, 0.4) is 0 Å². The number of likely N-dealkylation sites (tertiary alicyclic amines) is 1. The number of nitrogens with zero attached hydrogens (tertiary/aromatic N) is 1. The minimum Gasteiger partial charge on any atom is -0.469 e. The van der Waals surface area contributed by atoms with Crippen molar-refractivity contribution in [2.45, 2.75) is 12.8 Å². The van der Waals surface area contributed by atoms with Crippen LogP contribution in [0.4, 0.5) is 4.39 Å². The van der Waals surface area contributed by atoms with E-state index in [0.717, 1.165) is 12.5 Å². The Bertz CT molecular complexity index is 535. The molecule has 20 heavy (non-hydrogen) atoms. The molecule has 6 heteroatoms. The van der Waals surface area contributed by atoms with Gasteiger partial charge in [-0.05, 0) is 31.0 Å². The summed E-state index contributed by atoms with van der Waals surface area (Å²) in [6, 6.07) is 3.86. The van der Waals surface area contributed by atoms with Crippen molar-refractivity contribution < 1.29 is 18.7 Å². The lowest BCUT2D eigenvalue weighted by Gasteiger charge is -2.31. The van der Waals surface area contributed by atoms with Gasteiger partial charge in [-0.2, -0.15) is 0 Å². The number of piperidine rings is 1. The lowest BCUT2D eigenvalue weighted by Crippen LogP contribution is -2.42. The third-order valence-electron chi connectivity index (χ3n) is 3.41. The predicted molar refractivity (Wildman–Crippen MR) is 72.1 cm³/mol. The maximum absolute atomic E-state index is 13.1. The Morgan fingerprint density at radius 2 is 2.20 bits per heavy atom. The normalized spacial score (nSPS) is 18.8. The lowest BCUT2D eigenvalue weighted by molar-refractivity contribution is -0.146. The van der Waals surface area contributed by atoms with Crippen LogP contribution >= 0.6 is 11.6 Å². The number of carbonyl (C=O) groups is 2. The van der Waals surface area contributed by atoms with Gasteiger partial charge in [0.1, 0.15) is 5.82 Å². The van der Waals surface area contributed by atoms with E-state index < -0.39 is 5.82 Å². The number of hydrogen-bond acceptors (Lipinski definition) is 3. The Labute approximate surface area is 121 Å². The zero-order valence-electron chi connectivity index (χ0n) is 11.1. The average Bonchev–Trinajstić information content (AvgIpc) is 2.48. The largest absolute Gasteiger partial charge is 0.469 e. The summed E-state index contributed by atoms with van der Waals surface area (Å²) in [6.07, 6.45) is 1.45. The maximum atomic E-state index is 13.1. The summed E-state index contributed by atoms with van der Waals surface area (Å²) >= 11 is 5.68. The molecule has 1 saturated heterocycles. The first-order valence-electron chi connectivity index (χ1n) is 6.35. The number of ether oxygens (including phenoxy) is 1. The van der Waals surface area contributed by atoms with Crippen molar-refractivity contribution in [2.75, 3.05) is 20.2 Å². The molecule has 0 saturated carbocycles. The number of amides is 1. The quantitative estimate of drug-likeness (QED) is 0.788. The van der Waals surface area contributed by atoms with Gasteiger partial charge in [0.25, 0.3) is 5.91 Å². The fourth-order valence-corrected chi connectivity index (χ4v) is 2.51. The molecule has 1 atom stereocenters. The maximum Gasteiger partial charge on any atom is 0.310 e.